The van der Waals surface area contributed by atoms with E-state index in [1.54, 1.807) is 0 Å². The molecule has 1 heteroatoms. The van der Waals surface area contributed by atoms with Gasteiger partial charge in [0.1, 0.15) is 0 Å². The van der Waals surface area contributed by atoms with Crippen LogP contribution in [0.25, 0.3) is 0 Å². The Morgan fingerprint density at radius 2 is 1.65 bits per heavy atom. The highest BCUT2D eigenvalue weighted by Crippen LogP contribution is 2.50. The minimum atomic E-state index is 0.184. The summed E-state index contributed by atoms with van der Waals surface area (Å²) >= 11 is 0. The van der Waals surface area contributed by atoms with Crippen molar-refractivity contribution in [2.45, 2.75) is 51.4 Å². The van der Waals surface area contributed by atoms with E-state index >= 15 is 0 Å². The van der Waals surface area contributed by atoms with E-state index < -0.39 is 0 Å². The second-order valence-corrected chi connectivity index (χ2v) is 6.04. The fourth-order valence-electron chi connectivity index (χ4n) is 3.47. The summed E-state index contributed by atoms with van der Waals surface area (Å²) < 4.78 is 0. The summed E-state index contributed by atoms with van der Waals surface area (Å²) in [6.07, 6.45) is 6.63. The van der Waals surface area contributed by atoms with Crippen molar-refractivity contribution in [3.05, 3.63) is 35.9 Å². The van der Waals surface area contributed by atoms with Crippen LogP contribution in [0.5, 0.6) is 0 Å². The highest BCUT2D eigenvalue weighted by atomic mass is 14.6. The number of nitrogens with two attached hydrogens (primary N) is 1. The molecule has 0 heterocycles. The first-order chi connectivity index (χ1) is 8.12. The van der Waals surface area contributed by atoms with Crippen LogP contribution in [-0.4, -0.2) is 6.54 Å². The zero-order valence-corrected chi connectivity index (χ0v) is 11.2. The normalized spacial score (nSPS) is 20.2. The Morgan fingerprint density at radius 1 is 1.06 bits per heavy atom. The maximum atomic E-state index is 6.16. The van der Waals surface area contributed by atoms with E-state index in [4.69, 9.17) is 5.73 Å². The van der Waals surface area contributed by atoms with Gasteiger partial charge in [0.05, 0.1) is 0 Å². The first-order valence-electron chi connectivity index (χ1n) is 6.88. The SMILES string of the molecule is CC(C)(c1ccccc1)C1(CN)CCCCC1. The molecule has 2 N–H and O–H groups in total. The molecule has 1 fully saturated rings. The lowest BCUT2D eigenvalue weighted by atomic mass is 9.56. The van der Waals surface area contributed by atoms with Crippen LogP contribution in [0.4, 0.5) is 0 Å². The Hall–Kier alpha value is -0.820. The molecule has 1 aromatic rings. The van der Waals surface area contributed by atoms with E-state index in [-0.39, 0.29) is 5.41 Å². The molecule has 2 rings (SSSR count). The van der Waals surface area contributed by atoms with Crippen molar-refractivity contribution in [1.29, 1.82) is 0 Å². The Balaban J connectivity index is 2.35. The van der Waals surface area contributed by atoms with Gasteiger partial charge in [0.25, 0.3) is 0 Å². The summed E-state index contributed by atoms with van der Waals surface area (Å²) in [5.74, 6) is 0. The summed E-state index contributed by atoms with van der Waals surface area (Å²) in [5.41, 5.74) is 8.08. The maximum absolute atomic E-state index is 6.16. The third-order valence-corrected chi connectivity index (χ3v) is 5.02. The van der Waals surface area contributed by atoms with Gasteiger partial charge < -0.3 is 5.73 Å². The third kappa shape index (κ3) is 2.13. The van der Waals surface area contributed by atoms with E-state index in [9.17, 15) is 0 Å². The Bertz CT molecular complexity index is 347. The molecule has 17 heavy (non-hydrogen) atoms. The monoisotopic (exact) mass is 231 g/mol. The van der Waals surface area contributed by atoms with Crippen molar-refractivity contribution in [2.75, 3.05) is 6.54 Å². The van der Waals surface area contributed by atoms with Crippen LogP contribution in [0.3, 0.4) is 0 Å². The Kier molecular flexibility index (Phi) is 3.58. The molecule has 0 spiro atoms. The Labute approximate surface area is 105 Å². The predicted octanol–water partition coefficient (Wildman–Crippen LogP) is 3.87. The number of benzene rings is 1. The number of rotatable bonds is 3. The first kappa shape index (κ1) is 12.6. The van der Waals surface area contributed by atoms with Crippen LogP contribution in [0, 0.1) is 5.41 Å². The van der Waals surface area contributed by atoms with Gasteiger partial charge >= 0.3 is 0 Å². The fourth-order valence-corrected chi connectivity index (χ4v) is 3.47. The molecule has 1 aliphatic rings. The predicted molar refractivity (Wildman–Crippen MR) is 74.0 cm³/mol. The molecule has 1 aliphatic carbocycles. The van der Waals surface area contributed by atoms with Crippen molar-refractivity contribution in [3.63, 3.8) is 0 Å². The molecule has 1 nitrogen and oxygen atoms in total. The average Bonchev–Trinajstić information content (AvgIpc) is 2.40. The molecule has 0 unspecified atom stereocenters. The van der Waals surface area contributed by atoms with Gasteiger partial charge in [-0.25, -0.2) is 0 Å². The first-order valence-corrected chi connectivity index (χ1v) is 6.88. The second kappa shape index (κ2) is 4.81. The van der Waals surface area contributed by atoms with Crippen molar-refractivity contribution < 1.29 is 0 Å². The van der Waals surface area contributed by atoms with Crippen molar-refractivity contribution in [1.82, 2.24) is 0 Å². The molecule has 0 radical (unpaired) electrons. The molecule has 0 aliphatic heterocycles. The highest BCUT2D eigenvalue weighted by Gasteiger charge is 2.45. The van der Waals surface area contributed by atoms with Crippen LogP contribution < -0.4 is 5.73 Å². The molecule has 94 valence electrons. The lowest BCUT2D eigenvalue weighted by molar-refractivity contribution is 0.0946. The zero-order chi connectivity index (χ0) is 12.4. The van der Waals surface area contributed by atoms with Gasteiger partial charge in [-0.3, -0.25) is 0 Å². The molecule has 1 saturated carbocycles. The smallest absolute Gasteiger partial charge is 0.00122 e. The maximum Gasteiger partial charge on any atom is -0.00122 e. The summed E-state index contributed by atoms with van der Waals surface area (Å²) in [6, 6.07) is 10.9. The van der Waals surface area contributed by atoms with E-state index in [2.05, 4.69) is 44.2 Å². The second-order valence-electron chi connectivity index (χ2n) is 6.04. The largest absolute Gasteiger partial charge is 0.330 e. The molecular weight excluding hydrogens is 206 g/mol. The molecule has 0 atom stereocenters. The number of hydrogen-bond acceptors (Lipinski definition) is 1. The van der Waals surface area contributed by atoms with Crippen LogP contribution in [0.1, 0.15) is 51.5 Å². The fraction of sp³-hybridized carbons (Fsp3) is 0.625. The molecule has 0 amide bonds. The third-order valence-electron chi connectivity index (χ3n) is 5.02. The van der Waals surface area contributed by atoms with Gasteiger partial charge in [0.2, 0.25) is 0 Å². The van der Waals surface area contributed by atoms with E-state index in [1.165, 1.54) is 37.7 Å². The highest BCUT2D eigenvalue weighted by molar-refractivity contribution is 5.27. The molecular formula is C16H25N. The van der Waals surface area contributed by atoms with Gasteiger partial charge in [-0.2, -0.15) is 0 Å². The lowest BCUT2D eigenvalue weighted by Gasteiger charge is -2.49. The van der Waals surface area contributed by atoms with Gasteiger partial charge in [-0.1, -0.05) is 63.4 Å². The van der Waals surface area contributed by atoms with Gasteiger partial charge in [-0.15, -0.1) is 0 Å². The summed E-state index contributed by atoms with van der Waals surface area (Å²) in [4.78, 5) is 0. The van der Waals surface area contributed by atoms with E-state index in [0.29, 0.717) is 5.41 Å². The van der Waals surface area contributed by atoms with Crippen molar-refractivity contribution in [2.24, 2.45) is 11.1 Å². The standard InChI is InChI=1S/C16H25N/c1-15(2,14-9-5-3-6-10-14)16(13-17)11-7-4-8-12-16/h3,5-6,9-10H,4,7-8,11-13,17H2,1-2H3. The molecule has 0 aromatic heterocycles. The van der Waals surface area contributed by atoms with E-state index in [0.717, 1.165) is 6.54 Å². The van der Waals surface area contributed by atoms with Crippen molar-refractivity contribution in [3.8, 4) is 0 Å². The topological polar surface area (TPSA) is 26.0 Å². The summed E-state index contributed by atoms with van der Waals surface area (Å²) in [6.45, 7) is 5.57. The van der Waals surface area contributed by atoms with Crippen LogP contribution >= 0.6 is 0 Å². The van der Waals surface area contributed by atoms with Crippen LogP contribution in [0.15, 0.2) is 30.3 Å². The summed E-state index contributed by atoms with van der Waals surface area (Å²) in [5, 5.41) is 0. The zero-order valence-electron chi connectivity index (χ0n) is 11.2. The van der Waals surface area contributed by atoms with Gasteiger partial charge in [0, 0.05) is 0 Å². The van der Waals surface area contributed by atoms with Gasteiger partial charge in [-0.05, 0) is 35.8 Å². The Morgan fingerprint density at radius 3 is 2.18 bits per heavy atom. The van der Waals surface area contributed by atoms with Crippen LogP contribution in [-0.2, 0) is 5.41 Å². The molecule has 0 saturated heterocycles. The molecule has 0 bridgehead atoms. The van der Waals surface area contributed by atoms with Gasteiger partial charge in [0.15, 0.2) is 0 Å². The van der Waals surface area contributed by atoms with E-state index in [1.807, 2.05) is 0 Å². The molecule has 1 aromatic carbocycles. The summed E-state index contributed by atoms with van der Waals surface area (Å²) in [7, 11) is 0. The minimum Gasteiger partial charge on any atom is -0.330 e. The van der Waals surface area contributed by atoms with Crippen molar-refractivity contribution >= 4 is 0 Å². The number of hydrogen-bond donors (Lipinski definition) is 1. The quantitative estimate of drug-likeness (QED) is 0.839. The lowest BCUT2D eigenvalue weighted by Crippen LogP contribution is -2.48. The average molecular weight is 231 g/mol. The van der Waals surface area contributed by atoms with Crippen LogP contribution in [0.2, 0.25) is 0 Å². The minimum absolute atomic E-state index is 0.184.